The monoisotopic (exact) mass is 503 g/mol. The van der Waals surface area contributed by atoms with Gasteiger partial charge in [0.2, 0.25) is 5.91 Å². The normalized spacial score (nSPS) is 28.6. The van der Waals surface area contributed by atoms with Gasteiger partial charge >= 0.3 is 0 Å². The summed E-state index contributed by atoms with van der Waals surface area (Å²) in [7, 11) is -3.08. The highest BCUT2D eigenvalue weighted by Crippen LogP contribution is 2.52. The predicted octanol–water partition coefficient (Wildman–Crippen LogP) is 2.63. The van der Waals surface area contributed by atoms with Crippen LogP contribution in [-0.4, -0.2) is 62.7 Å². The SMILES string of the molecule is CS(=O)(=O)CCNC(=O)C1C2CN(C3=NN(c4ccc(C#N)c(Cl)c4)C(C4CCCC4)C3)C[C@@H]21. The topological polar surface area (TPSA) is 106 Å². The number of hydrogen-bond acceptors (Lipinski definition) is 7. The first kappa shape index (κ1) is 23.4. The molecule has 0 bridgehead atoms. The largest absolute Gasteiger partial charge is 0.358 e. The van der Waals surface area contributed by atoms with Crippen molar-refractivity contribution in [1.29, 1.82) is 5.26 Å². The van der Waals surface area contributed by atoms with Crippen LogP contribution in [0.25, 0.3) is 0 Å². The number of nitrogens with one attached hydrogen (secondary N) is 1. The van der Waals surface area contributed by atoms with Crippen LogP contribution in [0.1, 0.15) is 37.7 Å². The molecule has 0 radical (unpaired) electrons. The zero-order chi connectivity index (χ0) is 24.0. The first-order valence-electron chi connectivity index (χ1n) is 12.0. The Hall–Kier alpha value is -2.31. The Morgan fingerprint density at radius 2 is 1.97 bits per heavy atom. The zero-order valence-electron chi connectivity index (χ0n) is 19.3. The number of nitriles is 1. The summed E-state index contributed by atoms with van der Waals surface area (Å²) in [5, 5.41) is 19.6. The molecule has 1 aromatic carbocycles. The number of nitrogens with zero attached hydrogens (tertiary/aromatic N) is 4. The van der Waals surface area contributed by atoms with Crippen LogP contribution in [0.4, 0.5) is 5.69 Å². The molecule has 4 aliphatic rings. The van der Waals surface area contributed by atoms with Gasteiger partial charge in [-0.3, -0.25) is 9.80 Å². The summed E-state index contributed by atoms with van der Waals surface area (Å²) < 4.78 is 22.6. The molecule has 3 unspecified atom stereocenters. The number of carbonyl (C=O) groups excluding carboxylic acids is 1. The number of benzene rings is 1. The average Bonchev–Trinajstić information content (AvgIpc) is 3.28. The maximum Gasteiger partial charge on any atom is 0.223 e. The summed E-state index contributed by atoms with van der Waals surface area (Å²) in [5.41, 5.74) is 1.38. The van der Waals surface area contributed by atoms with Crippen molar-refractivity contribution in [2.75, 3.05) is 36.7 Å². The first-order chi connectivity index (χ1) is 16.2. The van der Waals surface area contributed by atoms with E-state index in [1.807, 2.05) is 12.1 Å². The van der Waals surface area contributed by atoms with Gasteiger partial charge in [-0.2, -0.15) is 10.4 Å². The molecule has 2 saturated carbocycles. The number of rotatable bonds is 6. The number of carbonyl (C=O) groups is 1. The van der Waals surface area contributed by atoms with Crippen molar-refractivity contribution in [3.8, 4) is 6.07 Å². The first-order valence-corrected chi connectivity index (χ1v) is 14.5. The zero-order valence-corrected chi connectivity index (χ0v) is 20.9. The van der Waals surface area contributed by atoms with E-state index in [1.54, 1.807) is 6.07 Å². The van der Waals surface area contributed by atoms with Crippen molar-refractivity contribution in [3.05, 3.63) is 28.8 Å². The lowest BCUT2D eigenvalue weighted by Gasteiger charge is -2.28. The molecule has 2 heterocycles. The Labute approximate surface area is 205 Å². The minimum absolute atomic E-state index is 0.0168. The molecule has 182 valence electrons. The van der Waals surface area contributed by atoms with E-state index in [9.17, 15) is 18.5 Å². The molecule has 0 aromatic heterocycles. The summed E-state index contributed by atoms with van der Waals surface area (Å²) in [6.45, 7) is 1.80. The quantitative estimate of drug-likeness (QED) is 0.639. The smallest absolute Gasteiger partial charge is 0.223 e. The highest BCUT2D eigenvalue weighted by Gasteiger charge is 2.60. The van der Waals surface area contributed by atoms with Crippen molar-refractivity contribution in [2.24, 2.45) is 28.8 Å². The highest BCUT2D eigenvalue weighted by atomic mass is 35.5. The number of piperidine rings is 1. The Morgan fingerprint density at radius 3 is 2.59 bits per heavy atom. The lowest BCUT2D eigenvalue weighted by atomic mass is 9.94. The van der Waals surface area contributed by atoms with Gasteiger partial charge in [0.05, 0.1) is 28.1 Å². The number of anilines is 1. The van der Waals surface area contributed by atoms with Gasteiger partial charge < -0.3 is 10.2 Å². The molecule has 4 atom stereocenters. The number of fused-ring (bicyclic) bond motifs is 1. The third-order valence-corrected chi connectivity index (χ3v) is 9.10. The van der Waals surface area contributed by atoms with Crippen molar-refractivity contribution >= 4 is 38.9 Å². The molecular formula is C24H30ClN5O3S. The third-order valence-electron chi connectivity index (χ3n) is 7.84. The fourth-order valence-corrected chi connectivity index (χ4v) is 6.69. The fraction of sp³-hybridized carbons (Fsp3) is 0.625. The highest BCUT2D eigenvalue weighted by molar-refractivity contribution is 7.90. The van der Waals surface area contributed by atoms with Crippen LogP contribution in [-0.2, 0) is 14.6 Å². The van der Waals surface area contributed by atoms with E-state index in [2.05, 4.69) is 21.3 Å². The second kappa shape index (κ2) is 9.04. The summed E-state index contributed by atoms with van der Waals surface area (Å²) in [4.78, 5) is 14.8. The van der Waals surface area contributed by atoms with Gasteiger partial charge in [0.15, 0.2) is 0 Å². The maximum absolute atomic E-state index is 12.5. The number of hydrogen-bond donors (Lipinski definition) is 1. The predicted molar refractivity (Wildman–Crippen MR) is 131 cm³/mol. The molecule has 1 N–H and O–H groups in total. The van der Waals surface area contributed by atoms with Gasteiger partial charge in [-0.05, 0) is 48.8 Å². The summed E-state index contributed by atoms with van der Waals surface area (Å²) in [5.74, 6) is 2.21. The fourth-order valence-electron chi connectivity index (χ4n) is 6.00. The van der Waals surface area contributed by atoms with Crippen molar-refractivity contribution < 1.29 is 13.2 Å². The number of amides is 1. The van der Waals surface area contributed by atoms with Gasteiger partial charge in [0, 0.05) is 38.2 Å². The maximum atomic E-state index is 12.5. The van der Waals surface area contributed by atoms with E-state index in [-0.39, 0.29) is 30.2 Å². The number of sulfone groups is 1. The Kier molecular flexibility index (Phi) is 6.23. The van der Waals surface area contributed by atoms with Gasteiger partial charge in [-0.15, -0.1) is 0 Å². The second-order valence-electron chi connectivity index (χ2n) is 10.1. The van der Waals surface area contributed by atoms with E-state index in [0.717, 1.165) is 31.0 Å². The van der Waals surface area contributed by atoms with Gasteiger partial charge in [-0.1, -0.05) is 24.4 Å². The minimum Gasteiger partial charge on any atom is -0.358 e. The van der Waals surface area contributed by atoms with Crippen LogP contribution in [0.5, 0.6) is 0 Å². The number of hydrazone groups is 1. The lowest BCUT2D eigenvalue weighted by Crippen LogP contribution is -2.37. The summed E-state index contributed by atoms with van der Waals surface area (Å²) in [6.07, 6.45) is 6.97. The molecule has 1 amide bonds. The number of halogens is 1. The van der Waals surface area contributed by atoms with Crippen LogP contribution in [0.3, 0.4) is 0 Å². The van der Waals surface area contributed by atoms with E-state index in [0.29, 0.717) is 28.3 Å². The van der Waals surface area contributed by atoms with Crippen molar-refractivity contribution in [3.63, 3.8) is 0 Å². The van der Waals surface area contributed by atoms with E-state index in [4.69, 9.17) is 16.7 Å². The van der Waals surface area contributed by atoms with Crippen LogP contribution < -0.4 is 10.3 Å². The van der Waals surface area contributed by atoms with E-state index in [1.165, 1.54) is 31.9 Å². The van der Waals surface area contributed by atoms with E-state index < -0.39 is 9.84 Å². The molecular weight excluding hydrogens is 474 g/mol. The second-order valence-corrected chi connectivity index (χ2v) is 12.8. The number of likely N-dealkylation sites (tertiary alicyclic amines) is 1. The summed E-state index contributed by atoms with van der Waals surface area (Å²) >= 11 is 6.33. The molecule has 2 aliphatic carbocycles. The Morgan fingerprint density at radius 1 is 1.26 bits per heavy atom. The molecule has 10 heteroatoms. The molecule has 0 spiro atoms. The van der Waals surface area contributed by atoms with Crippen LogP contribution in [0.2, 0.25) is 5.02 Å². The van der Waals surface area contributed by atoms with Crippen LogP contribution >= 0.6 is 11.6 Å². The molecule has 5 rings (SSSR count). The van der Waals surface area contributed by atoms with Gasteiger partial charge in [-0.25, -0.2) is 8.42 Å². The molecule has 1 saturated heterocycles. The van der Waals surface area contributed by atoms with Crippen molar-refractivity contribution in [1.82, 2.24) is 10.2 Å². The van der Waals surface area contributed by atoms with Gasteiger partial charge in [0.1, 0.15) is 21.7 Å². The minimum atomic E-state index is -3.08. The van der Waals surface area contributed by atoms with Crippen molar-refractivity contribution in [2.45, 2.75) is 38.1 Å². The Bertz CT molecular complexity index is 1150. The average molecular weight is 504 g/mol. The summed E-state index contributed by atoms with van der Waals surface area (Å²) in [6, 6.07) is 7.93. The van der Waals surface area contributed by atoms with Crippen LogP contribution in [0, 0.1) is 35.0 Å². The molecule has 3 fully saturated rings. The Balaban J connectivity index is 1.25. The van der Waals surface area contributed by atoms with E-state index >= 15 is 0 Å². The molecule has 1 aromatic rings. The molecule has 34 heavy (non-hydrogen) atoms. The molecule has 2 aliphatic heterocycles. The third kappa shape index (κ3) is 4.63. The number of amidine groups is 1. The lowest BCUT2D eigenvalue weighted by molar-refractivity contribution is -0.123. The van der Waals surface area contributed by atoms with Gasteiger partial charge in [0.25, 0.3) is 0 Å². The standard InChI is InChI=1S/C24H30ClN5O3S/c1-34(32,33)9-8-27-24(31)23-18-13-29(14-19(18)23)22-11-21(15-4-2-3-5-15)30(28-22)17-7-6-16(12-26)20(25)10-17/h6-7,10,15,18-19,21,23H,2-5,8-9,11,13-14H2,1H3,(H,27,31)/t18-,19?,21?,23?/m0/s1. The van der Waals surface area contributed by atoms with Crippen LogP contribution in [0.15, 0.2) is 23.3 Å². The molecule has 8 nitrogen and oxygen atoms in total.